The Kier molecular flexibility index (Phi) is 20.3. The molecular weight excluding hydrogens is 400 g/mol. The second-order valence-electron chi connectivity index (χ2n) is 9.57. The molecule has 1 saturated carbocycles. The first-order valence-electron chi connectivity index (χ1n) is 13.3. The molecule has 2 aliphatic rings. The molecule has 32 heavy (non-hydrogen) atoms. The van der Waals surface area contributed by atoms with E-state index in [-0.39, 0.29) is 30.5 Å². The molecule has 0 aromatic carbocycles. The summed E-state index contributed by atoms with van der Waals surface area (Å²) < 4.78 is 5.42. The van der Waals surface area contributed by atoms with Gasteiger partial charge in [-0.3, -0.25) is 14.5 Å². The first-order valence-corrected chi connectivity index (χ1v) is 13.3. The number of hydrogen-bond acceptors (Lipinski definition) is 4. The molecule has 5 nitrogen and oxygen atoms in total. The normalized spacial score (nSPS) is 21.1. The summed E-state index contributed by atoms with van der Waals surface area (Å²) in [5.74, 6) is 1.81. The smallest absolute Gasteiger partial charge is 0.248 e. The van der Waals surface area contributed by atoms with Crippen LogP contribution in [-0.2, 0) is 14.3 Å². The summed E-state index contributed by atoms with van der Waals surface area (Å²) in [6.45, 7) is 26.1. The minimum atomic E-state index is 0.0963. The van der Waals surface area contributed by atoms with Crippen LogP contribution in [0.2, 0.25) is 0 Å². The van der Waals surface area contributed by atoms with Crippen molar-refractivity contribution in [1.82, 2.24) is 9.80 Å². The van der Waals surface area contributed by atoms with Crippen molar-refractivity contribution in [3.05, 3.63) is 0 Å². The lowest BCUT2D eigenvalue weighted by molar-refractivity contribution is -0.140. The molecule has 2 fully saturated rings. The van der Waals surface area contributed by atoms with Crippen LogP contribution in [0.3, 0.4) is 0 Å². The highest BCUT2D eigenvalue weighted by Gasteiger charge is 2.32. The number of piperazine rings is 1. The Balaban J connectivity index is 0. The van der Waals surface area contributed by atoms with E-state index in [1.54, 1.807) is 0 Å². The summed E-state index contributed by atoms with van der Waals surface area (Å²) in [4.78, 5) is 28.7. The van der Waals surface area contributed by atoms with Gasteiger partial charge in [0, 0.05) is 44.1 Å². The van der Waals surface area contributed by atoms with Crippen LogP contribution >= 0.6 is 0 Å². The molecular formula is C27H56N2O3. The monoisotopic (exact) mass is 456 g/mol. The van der Waals surface area contributed by atoms with E-state index >= 15 is 0 Å². The third kappa shape index (κ3) is 14.3. The van der Waals surface area contributed by atoms with Gasteiger partial charge in [-0.2, -0.15) is 0 Å². The summed E-state index contributed by atoms with van der Waals surface area (Å²) in [6, 6.07) is 0.588. The lowest BCUT2D eigenvalue weighted by Gasteiger charge is -2.42. The molecule has 1 saturated heterocycles. The maximum atomic E-state index is 12.1. The summed E-state index contributed by atoms with van der Waals surface area (Å²) in [6.07, 6.45) is 4.40. The molecule has 0 bridgehead atoms. The van der Waals surface area contributed by atoms with Crippen molar-refractivity contribution in [2.24, 2.45) is 17.8 Å². The maximum Gasteiger partial charge on any atom is 0.248 e. The van der Waals surface area contributed by atoms with Gasteiger partial charge in [0.25, 0.3) is 0 Å². The predicted octanol–water partition coefficient (Wildman–Crippen LogP) is 6.05. The lowest BCUT2D eigenvalue weighted by Crippen LogP contribution is -2.53. The average Bonchev–Trinajstić information content (AvgIpc) is 2.79. The first kappa shape index (κ1) is 33.2. The van der Waals surface area contributed by atoms with Crippen molar-refractivity contribution in [2.45, 2.75) is 114 Å². The number of ketones is 1. The van der Waals surface area contributed by atoms with E-state index in [2.05, 4.69) is 25.7 Å². The highest BCUT2D eigenvalue weighted by atomic mass is 16.5. The number of hydrogen-bond donors (Lipinski definition) is 0. The summed E-state index contributed by atoms with van der Waals surface area (Å²) >= 11 is 0. The highest BCUT2D eigenvalue weighted by molar-refractivity contribution is 5.82. The quantitative estimate of drug-likeness (QED) is 0.488. The second-order valence-corrected chi connectivity index (χ2v) is 9.57. The second kappa shape index (κ2) is 19.5. The Labute approximate surface area is 200 Å². The lowest BCUT2D eigenvalue weighted by atomic mass is 9.80. The van der Waals surface area contributed by atoms with E-state index in [4.69, 9.17) is 4.74 Å². The summed E-state index contributed by atoms with van der Waals surface area (Å²) in [7, 11) is 0. The van der Waals surface area contributed by atoms with Crippen LogP contribution in [0.15, 0.2) is 0 Å². The SMILES string of the molecule is CC.CC.CC(C)C.CC(C)OCC(=O)N1CCN(C2CCC(C(=O)C(C)C)CC2)CC1. The van der Waals surface area contributed by atoms with E-state index in [9.17, 15) is 9.59 Å². The third-order valence-corrected chi connectivity index (χ3v) is 5.39. The van der Waals surface area contributed by atoms with Crippen LogP contribution in [0.1, 0.15) is 102 Å². The van der Waals surface area contributed by atoms with Gasteiger partial charge in [-0.25, -0.2) is 0 Å². The van der Waals surface area contributed by atoms with Crippen LogP contribution in [0.25, 0.3) is 0 Å². The Bertz CT molecular complexity index is 459. The van der Waals surface area contributed by atoms with Crippen molar-refractivity contribution in [1.29, 1.82) is 0 Å². The van der Waals surface area contributed by atoms with E-state index in [0.29, 0.717) is 11.8 Å². The van der Waals surface area contributed by atoms with Crippen molar-refractivity contribution in [3.8, 4) is 0 Å². The Morgan fingerprint density at radius 3 is 1.59 bits per heavy atom. The molecule has 0 aromatic heterocycles. The van der Waals surface area contributed by atoms with Gasteiger partial charge in [-0.1, -0.05) is 62.3 Å². The van der Waals surface area contributed by atoms with Crippen molar-refractivity contribution >= 4 is 11.7 Å². The van der Waals surface area contributed by atoms with Gasteiger partial charge in [0.15, 0.2) is 0 Å². The molecule has 0 radical (unpaired) electrons. The zero-order valence-corrected chi connectivity index (χ0v) is 23.4. The van der Waals surface area contributed by atoms with Crippen LogP contribution < -0.4 is 0 Å². The van der Waals surface area contributed by atoms with Crippen LogP contribution in [0.5, 0.6) is 0 Å². The van der Waals surface area contributed by atoms with Gasteiger partial charge in [0.1, 0.15) is 12.4 Å². The van der Waals surface area contributed by atoms with Crippen LogP contribution in [0, 0.1) is 17.8 Å². The number of rotatable bonds is 6. The van der Waals surface area contributed by atoms with Crippen molar-refractivity contribution in [2.75, 3.05) is 32.8 Å². The van der Waals surface area contributed by atoms with Gasteiger partial charge in [-0.05, 0) is 45.4 Å². The minimum Gasteiger partial charge on any atom is -0.369 e. The fourth-order valence-electron chi connectivity index (χ4n) is 3.86. The number of amides is 1. The standard InChI is InChI=1S/C19H34N2O3.C4H10.2C2H6/c1-14(2)19(23)16-5-7-17(8-6-16)20-9-11-21(12-10-20)18(22)13-24-15(3)4;1-4(2)3;2*1-2/h14-17H,5-13H2,1-4H3;4H,1-3H3;2*1-2H3. The fraction of sp³-hybridized carbons (Fsp3) is 0.926. The molecule has 1 heterocycles. The first-order chi connectivity index (χ1) is 15.1. The molecule has 1 aliphatic heterocycles. The van der Waals surface area contributed by atoms with E-state index < -0.39 is 0 Å². The van der Waals surface area contributed by atoms with Gasteiger partial charge in [0.2, 0.25) is 5.91 Å². The third-order valence-electron chi connectivity index (χ3n) is 5.39. The number of carbonyl (C=O) groups is 2. The van der Waals surface area contributed by atoms with E-state index in [1.807, 2.05) is 60.3 Å². The Morgan fingerprint density at radius 2 is 1.22 bits per heavy atom. The maximum absolute atomic E-state index is 12.1. The zero-order chi connectivity index (χ0) is 25.3. The number of Topliss-reactive ketones (excluding diaryl/α,β-unsaturated/α-hetero) is 1. The highest BCUT2D eigenvalue weighted by Crippen LogP contribution is 2.30. The van der Waals surface area contributed by atoms with Gasteiger partial charge >= 0.3 is 0 Å². The van der Waals surface area contributed by atoms with Gasteiger partial charge in [0.05, 0.1) is 6.10 Å². The number of ether oxygens (including phenoxy) is 1. The number of nitrogens with zero attached hydrogens (tertiary/aromatic N) is 2. The molecule has 2 rings (SSSR count). The number of carbonyl (C=O) groups excluding carboxylic acids is 2. The van der Waals surface area contributed by atoms with Gasteiger partial charge < -0.3 is 9.64 Å². The fourth-order valence-corrected chi connectivity index (χ4v) is 3.86. The predicted molar refractivity (Wildman–Crippen MR) is 138 cm³/mol. The Morgan fingerprint density at radius 1 is 0.781 bits per heavy atom. The molecule has 0 aromatic rings. The molecule has 1 amide bonds. The van der Waals surface area contributed by atoms with Gasteiger partial charge in [-0.15, -0.1) is 0 Å². The van der Waals surface area contributed by atoms with Crippen LogP contribution in [-0.4, -0.2) is 66.4 Å². The minimum absolute atomic E-state index is 0.0963. The molecule has 0 atom stereocenters. The van der Waals surface area contributed by atoms with Crippen molar-refractivity contribution < 1.29 is 14.3 Å². The molecule has 5 heteroatoms. The molecule has 0 unspecified atom stereocenters. The zero-order valence-electron chi connectivity index (χ0n) is 23.4. The molecule has 1 aliphatic carbocycles. The summed E-state index contributed by atoms with van der Waals surface area (Å²) in [5, 5.41) is 0. The topological polar surface area (TPSA) is 49.9 Å². The van der Waals surface area contributed by atoms with E-state index in [1.165, 1.54) is 0 Å². The van der Waals surface area contributed by atoms with E-state index in [0.717, 1.165) is 57.8 Å². The Hall–Kier alpha value is -0.940. The average molecular weight is 457 g/mol. The molecule has 0 spiro atoms. The largest absolute Gasteiger partial charge is 0.369 e. The molecule has 192 valence electrons. The van der Waals surface area contributed by atoms with Crippen LogP contribution in [0.4, 0.5) is 0 Å². The molecule has 0 N–H and O–H groups in total. The van der Waals surface area contributed by atoms with Crippen molar-refractivity contribution in [3.63, 3.8) is 0 Å². The summed E-state index contributed by atoms with van der Waals surface area (Å²) in [5.41, 5.74) is 0.